The summed E-state index contributed by atoms with van der Waals surface area (Å²) >= 11 is 0. The molecule has 0 unspecified atom stereocenters. The summed E-state index contributed by atoms with van der Waals surface area (Å²) in [7, 11) is 0. The molecule has 1 aromatic heterocycles. The van der Waals surface area contributed by atoms with Crippen LogP contribution in [0, 0.1) is 6.92 Å². The van der Waals surface area contributed by atoms with Crippen LogP contribution in [-0.2, 0) is 0 Å². The molecule has 0 atom stereocenters. The first-order valence-electron chi connectivity index (χ1n) is 8.57. The third-order valence-electron chi connectivity index (χ3n) is 4.34. The highest BCUT2D eigenvalue weighted by Gasteiger charge is 2.37. The van der Waals surface area contributed by atoms with Crippen molar-refractivity contribution < 1.29 is 13.9 Å². The van der Waals surface area contributed by atoms with Crippen molar-refractivity contribution in [3.05, 3.63) is 66.1 Å². The Morgan fingerprint density at radius 1 is 1.08 bits per heavy atom. The van der Waals surface area contributed by atoms with Gasteiger partial charge in [-0.1, -0.05) is 30.3 Å². The molecule has 5 heteroatoms. The van der Waals surface area contributed by atoms with Gasteiger partial charge in [-0.05, 0) is 45.0 Å². The van der Waals surface area contributed by atoms with Crippen LogP contribution in [0.2, 0.25) is 0 Å². The van der Waals surface area contributed by atoms with Gasteiger partial charge in [-0.15, -0.1) is 0 Å². The average Bonchev–Trinajstić information content (AvgIpc) is 3.02. The molecule has 2 aromatic carbocycles. The highest BCUT2D eigenvalue weighted by Crippen LogP contribution is 2.38. The molecule has 0 aliphatic carbocycles. The molecule has 2 heterocycles. The zero-order valence-corrected chi connectivity index (χ0v) is 15.0. The summed E-state index contributed by atoms with van der Waals surface area (Å²) in [5, 5.41) is 0. The number of nitrogens with zero attached hydrogens (tertiary/aromatic N) is 2. The van der Waals surface area contributed by atoms with Crippen molar-refractivity contribution in [2.75, 3.05) is 11.4 Å². The van der Waals surface area contributed by atoms with Gasteiger partial charge in [-0.3, -0.25) is 9.69 Å². The molecule has 0 bridgehead atoms. The van der Waals surface area contributed by atoms with Crippen molar-refractivity contribution in [1.82, 2.24) is 4.98 Å². The number of hydrogen-bond acceptors (Lipinski definition) is 4. The van der Waals surface area contributed by atoms with Crippen LogP contribution < -0.4 is 9.64 Å². The van der Waals surface area contributed by atoms with Crippen molar-refractivity contribution in [2.24, 2.45) is 0 Å². The van der Waals surface area contributed by atoms with E-state index in [0.29, 0.717) is 23.9 Å². The van der Waals surface area contributed by atoms with Crippen molar-refractivity contribution >= 4 is 11.6 Å². The molecule has 0 N–H and O–H groups in total. The van der Waals surface area contributed by atoms with Crippen molar-refractivity contribution in [2.45, 2.75) is 26.4 Å². The fourth-order valence-corrected chi connectivity index (χ4v) is 3.17. The number of aromatic nitrogens is 1. The SMILES string of the molecule is Cc1nc(-c2ccccc2)oc1C(=O)N1CC(C)(C)Oc2ccccc21. The summed E-state index contributed by atoms with van der Waals surface area (Å²) in [6, 6.07) is 17.1. The lowest BCUT2D eigenvalue weighted by atomic mass is 10.0. The Morgan fingerprint density at radius 3 is 2.54 bits per heavy atom. The van der Waals surface area contributed by atoms with E-state index in [9.17, 15) is 4.79 Å². The molecule has 0 radical (unpaired) electrons. The van der Waals surface area contributed by atoms with Crippen molar-refractivity contribution in [1.29, 1.82) is 0 Å². The van der Waals surface area contributed by atoms with Crippen LogP contribution in [0.3, 0.4) is 0 Å². The maximum Gasteiger partial charge on any atom is 0.296 e. The van der Waals surface area contributed by atoms with Crippen LogP contribution in [0.1, 0.15) is 30.1 Å². The number of carbonyl (C=O) groups excluding carboxylic acids is 1. The Hall–Kier alpha value is -3.08. The predicted octanol–water partition coefficient (Wildman–Crippen LogP) is 4.47. The monoisotopic (exact) mass is 348 g/mol. The number of oxazole rings is 1. The minimum Gasteiger partial charge on any atom is -0.484 e. The Labute approximate surface area is 152 Å². The number of fused-ring (bicyclic) bond motifs is 1. The zero-order valence-electron chi connectivity index (χ0n) is 15.0. The van der Waals surface area contributed by atoms with Gasteiger partial charge in [0.05, 0.1) is 17.9 Å². The van der Waals surface area contributed by atoms with Crippen LogP contribution in [0.25, 0.3) is 11.5 Å². The van der Waals surface area contributed by atoms with Crippen molar-refractivity contribution in [3.63, 3.8) is 0 Å². The lowest BCUT2D eigenvalue weighted by Gasteiger charge is -2.39. The Balaban J connectivity index is 1.74. The Morgan fingerprint density at radius 2 is 1.77 bits per heavy atom. The van der Waals surface area contributed by atoms with E-state index in [1.165, 1.54) is 0 Å². The molecule has 3 aromatic rings. The zero-order chi connectivity index (χ0) is 18.3. The summed E-state index contributed by atoms with van der Waals surface area (Å²) in [5.41, 5.74) is 1.68. The predicted molar refractivity (Wildman–Crippen MR) is 99.5 cm³/mol. The first kappa shape index (κ1) is 16.4. The fraction of sp³-hybridized carbons (Fsp3) is 0.238. The van der Waals surface area contributed by atoms with Crippen LogP contribution >= 0.6 is 0 Å². The number of aryl methyl sites for hydroxylation is 1. The second-order valence-electron chi connectivity index (χ2n) is 7.02. The molecule has 1 aliphatic heterocycles. The van der Waals surface area contributed by atoms with Crippen molar-refractivity contribution in [3.8, 4) is 17.2 Å². The van der Waals surface area contributed by atoms with Gasteiger partial charge in [0, 0.05) is 5.56 Å². The fourth-order valence-electron chi connectivity index (χ4n) is 3.17. The van der Waals surface area contributed by atoms with E-state index in [1.54, 1.807) is 11.8 Å². The number of amides is 1. The van der Waals surface area contributed by atoms with E-state index in [1.807, 2.05) is 68.4 Å². The summed E-state index contributed by atoms with van der Waals surface area (Å²) < 4.78 is 11.9. The van der Waals surface area contributed by atoms with Crippen LogP contribution in [0.4, 0.5) is 5.69 Å². The molecule has 0 saturated carbocycles. The largest absolute Gasteiger partial charge is 0.484 e. The summed E-state index contributed by atoms with van der Waals surface area (Å²) in [4.78, 5) is 19.4. The van der Waals surface area contributed by atoms with E-state index >= 15 is 0 Å². The number of carbonyl (C=O) groups is 1. The average molecular weight is 348 g/mol. The molecule has 26 heavy (non-hydrogen) atoms. The molecule has 0 fully saturated rings. The standard InChI is InChI=1S/C21H20N2O3/c1-14-18(25-19(22-14)15-9-5-4-6-10-15)20(24)23-13-21(2,3)26-17-12-8-7-11-16(17)23/h4-12H,13H2,1-3H3. The minimum atomic E-state index is -0.486. The van der Waals surface area contributed by atoms with Crippen LogP contribution in [-0.4, -0.2) is 23.0 Å². The second-order valence-corrected chi connectivity index (χ2v) is 7.02. The summed E-state index contributed by atoms with van der Waals surface area (Å²) in [6.45, 7) is 6.15. The minimum absolute atomic E-state index is 0.207. The molecule has 0 saturated heterocycles. The lowest BCUT2D eigenvalue weighted by molar-refractivity contribution is 0.0817. The maximum absolute atomic E-state index is 13.3. The highest BCUT2D eigenvalue weighted by molar-refractivity contribution is 6.06. The lowest BCUT2D eigenvalue weighted by Crippen LogP contribution is -2.49. The molecular weight excluding hydrogens is 328 g/mol. The molecule has 5 nitrogen and oxygen atoms in total. The third-order valence-corrected chi connectivity index (χ3v) is 4.34. The Bertz CT molecular complexity index is 960. The first-order chi connectivity index (χ1) is 12.4. The van der Waals surface area contributed by atoms with Gasteiger partial charge in [0.1, 0.15) is 11.4 Å². The van der Waals surface area contributed by atoms with E-state index < -0.39 is 5.60 Å². The normalized spacial score (nSPS) is 15.3. The summed E-state index contributed by atoms with van der Waals surface area (Å²) in [6.07, 6.45) is 0. The smallest absolute Gasteiger partial charge is 0.296 e. The van der Waals surface area contributed by atoms with Crippen LogP contribution in [0.5, 0.6) is 5.75 Å². The summed E-state index contributed by atoms with van der Waals surface area (Å²) in [5.74, 6) is 1.20. The number of benzene rings is 2. The number of rotatable bonds is 2. The maximum atomic E-state index is 13.3. The molecule has 4 rings (SSSR count). The Kier molecular flexibility index (Phi) is 3.80. The second kappa shape index (κ2) is 6.02. The van der Waals surface area contributed by atoms with E-state index in [2.05, 4.69) is 4.98 Å². The highest BCUT2D eigenvalue weighted by atomic mass is 16.5. The number of ether oxygens (including phenoxy) is 1. The van der Waals surface area contributed by atoms with E-state index in [-0.39, 0.29) is 11.7 Å². The molecule has 0 spiro atoms. The molecule has 132 valence electrons. The third kappa shape index (κ3) is 2.86. The van der Waals surface area contributed by atoms with Gasteiger partial charge in [-0.25, -0.2) is 4.98 Å². The van der Waals surface area contributed by atoms with E-state index in [0.717, 1.165) is 11.3 Å². The number of anilines is 1. The quantitative estimate of drug-likeness (QED) is 0.686. The van der Waals surface area contributed by atoms with Gasteiger partial charge in [-0.2, -0.15) is 0 Å². The van der Waals surface area contributed by atoms with Gasteiger partial charge in [0.15, 0.2) is 0 Å². The first-order valence-corrected chi connectivity index (χ1v) is 8.57. The van der Waals surface area contributed by atoms with Gasteiger partial charge in [0.25, 0.3) is 5.91 Å². The topological polar surface area (TPSA) is 55.6 Å². The molecular formula is C21H20N2O3. The molecule has 1 amide bonds. The van der Waals surface area contributed by atoms with E-state index in [4.69, 9.17) is 9.15 Å². The van der Waals surface area contributed by atoms with Gasteiger partial charge >= 0.3 is 0 Å². The number of hydrogen-bond donors (Lipinski definition) is 0. The van der Waals surface area contributed by atoms with Gasteiger partial charge < -0.3 is 9.15 Å². The van der Waals surface area contributed by atoms with Crippen LogP contribution in [0.15, 0.2) is 59.0 Å². The van der Waals surface area contributed by atoms with Gasteiger partial charge in [0.2, 0.25) is 11.7 Å². The molecule has 1 aliphatic rings. The number of para-hydroxylation sites is 2.